The number of hydrogen-bond acceptors (Lipinski definition) is 2. The molecular weight excluding hydrogens is 148 g/mol. The van der Waals surface area contributed by atoms with Gasteiger partial charge in [0, 0.05) is 12.2 Å². The molecule has 2 heteroatoms. The van der Waals surface area contributed by atoms with Crippen molar-refractivity contribution in [1.82, 2.24) is 10.3 Å². The zero-order chi connectivity index (χ0) is 8.81. The standard InChI is InChI=1S/C10H16N2/c1-3-9(11-4-2)10-7-5-6-8-12-10/h5-9,11H,3-4H2,1-2H3. The Kier molecular flexibility index (Phi) is 3.74. The third-order valence-corrected chi connectivity index (χ3v) is 1.90. The van der Waals surface area contributed by atoms with E-state index in [1.54, 1.807) is 0 Å². The average molecular weight is 164 g/mol. The highest BCUT2D eigenvalue weighted by Gasteiger charge is 2.06. The van der Waals surface area contributed by atoms with Crippen molar-refractivity contribution in [3.8, 4) is 0 Å². The van der Waals surface area contributed by atoms with Gasteiger partial charge >= 0.3 is 0 Å². The molecule has 0 aliphatic heterocycles. The molecule has 1 atom stereocenters. The minimum absolute atomic E-state index is 0.413. The van der Waals surface area contributed by atoms with Crippen molar-refractivity contribution in [3.63, 3.8) is 0 Å². The molecule has 1 rings (SSSR count). The van der Waals surface area contributed by atoms with Crippen LogP contribution in [0.1, 0.15) is 32.0 Å². The van der Waals surface area contributed by atoms with Gasteiger partial charge in [0.15, 0.2) is 0 Å². The van der Waals surface area contributed by atoms with Crippen molar-refractivity contribution in [1.29, 1.82) is 0 Å². The average Bonchev–Trinajstić information content (AvgIpc) is 2.15. The lowest BCUT2D eigenvalue weighted by atomic mass is 10.1. The first-order valence-corrected chi connectivity index (χ1v) is 4.52. The predicted octanol–water partition coefficient (Wildman–Crippen LogP) is 2.14. The summed E-state index contributed by atoms with van der Waals surface area (Å²) in [6, 6.07) is 6.46. The van der Waals surface area contributed by atoms with Crippen LogP contribution in [-0.2, 0) is 0 Å². The molecule has 0 amide bonds. The Labute approximate surface area is 74.0 Å². The van der Waals surface area contributed by atoms with Crippen LogP contribution < -0.4 is 5.32 Å². The van der Waals surface area contributed by atoms with Crippen LogP contribution in [0.5, 0.6) is 0 Å². The fourth-order valence-corrected chi connectivity index (χ4v) is 1.29. The van der Waals surface area contributed by atoms with Gasteiger partial charge in [-0.2, -0.15) is 0 Å². The monoisotopic (exact) mass is 164 g/mol. The maximum atomic E-state index is 4.31. The molecule has 0 aliphatic carbocycles. The SMILES string of the molecule is CCNC(CC)c1ccccn1. The summed E-state index contributed by atoms with van der Waals surface area (Å²) in [4.78, 5) is 4.31. The molecule has 0 saturated heterocycles. The molecule has 66 valence electrons. The highest BCUT2D eigenvalue weighted by Crippen LogP contribution is 2.12. The second-order valence-corrected chi connectivity index (χ2v) is 2.77. The van der Waals surface area contributed by atoms with Crippen LogP contribution in [0.3, 0.4) is 0 Å². The molecule has 0 aromatic carbocycles. The summed E-state index contributed by atoms with van der Waals surface area (Å²) >= 11 is 0. The van der Waals surface area contributed by atoms with Gasteiger partial charge in [0.25, 0.3) is 0 Å². The van der Waals surface area contributed by atoms with Crippen LogP contribution in [0.4, 0.5) is 0 Å². The first-order valence-electron chi connectivity index (χ1n) is 4.52. The fraction of sp³-hybridized carbons (Fsp3) is 0.500. The van der Waals surface area contributed by atoms with Crippen molar-refractivity contribution < 1.29 is 0 Å². The van der Waals surface area contributed by atoms with E-state index in [1.165, 1.54) is 0 Å². The van der Waals surface area contributed by atoms with Gasteiger partial charge in [-0.05, 0) is 25.1 Å². The molecule has 0 spiro atoms. The van der Waals surface area contributed by atoms with E-state index in [9.17, 15) is 0 Å². The first kappa shape index (κ1) is 9.20. The lowest BCUT2D eigenvalue weighted by molar-refractivity contribution is 0.525. The Balaban J connectivity index is 2.66. The molecule has 2 nitrogen and oxygen atoms in total. The molecule has 0 aliphatic rings. The third kappa shape index (κ3) is 2.31. The highest BCUT2D eigenvalue weighted by atomic mass is 14.9. The van der Waals surface area contributed by atoms with E-state index in [1.807, 2.05) is 18.3 Å². The van der Waals surface area contributed by atoms with E-state index in [0.29, 0.717) is 6.04 Å². The topological polar surface area (TPSA) is 24.9 Å². The number of rotatable bonds is 4. The van der Waals surface area contributed by atoms with Crippen LogP contribution in [0.25, 0.3) is 0 Å². The minimum Gasteiger partial charge on any atom is -0.309 e. The maximum Gasteiger partial charge on any atom is 0.0573 e. The second kappa shape index (κ2) is 4.88. The van der Waals surface area contributed by atoms with Gasteiger partial charge in [-0.3, -0.25) is 4.98 Å². The lowest BCUT2D eigenvalue weighted by Gasteiger charge is -2.14. The van der Waals surface area contributed by atoms with E-state index >= 15 is 0 Å². The van der Waals surface area contributed by atoms with E-state index < -0.39 is 0 Å². The molecule has 12 heavy (non-hydrogen) atoms. The van der Waals surface area contributed by atoms with Crippen molar-refractivity contribution in [2.24, 2.45) is 0 Å². The molecule has 0 fully saturated rings. The Bertz CT molecular complexity index is 208. The van der Waals surface area contributed by atoms with E-state index in [4.69, 9.17) is 0 Å². The van der Waals surface area contributed by atoms with Gasteiger partial charge in [-0.1, -0.05) is 19.9 Å². The second-order valence-electron chi connectivity index (χ2n) is 2.77. The van der Waals surface area contributed by atoms with Gasteiger partial charge in [0.2, 0.25) is 0 Å². The molecule has 0 saturated carbocycles. The summed E-state index contributed by atoms with van der Waals surface area (Å²) in [6.07, 6.45) is 2.93. The highest BCUT2D eigenvalue weighted by molar-refractivity contribution is 5.08. The molecular formula is C10H16N2. The Morgan fingerprint density at radius 1 is 1.42 bits per heavy atom. The van der Waals surface area contributed by atoms with Crippen LogP contribution in [0.15, 0.2) is 24.4 Å². The zero-order valence-electron chi connectivity index (χ0n) is 7.75. The Hall–Kier alpha value is -0.890. The van der Waals surface area contributed by atoms with Crippen LogP contribution in [-0.4, -0.2) is 11.5 Å². The normalized spacial score (nSPS) is 12.8. The largest absolute Gasteiger partial charge is 0.309 e. The van der Waals surface area contributed by atoms with E-state index in [0.717, 1.165) is 18.7 Å². The summed E-state index contributed by atoms with van der Waals surface area (Å²) in [6.45, 7) is 5.28. The number of nitrogens with one attached hydrogen (secondary N) is 1. The molecule has 0 bridgehead atoms. The van der Waals surface area contributed by atoms with Gasteiger partial charge < -0.3 is 5.32 Å². The fourth-order valence-electron chi connectivity index (χ4n) is 1.29. The lowest BCUT2D eigenvalue weighted by Crippen LogP contribution is -2.20. The van der Waals surface area contributed by atoms with Gasteiger partial charge in [-0.15, -0.1) is 0 Å². The molecule has 1 aromatic heterocycles. The summed E-state index contributed by atoms with van der Waals surface area (Å²) in [7, 11) is 0. The van der Waals surface area contributed by atoms with Crippen LogP contribution in [0, 0.1) is 0 Å². The van der Waals surface area contributed by atoms with Crippen molar-refractivity contribution in [3.05, 3.63) is 30.1 Å². The molecule has 1 aromatic rings. The van der Waals surface area contributed by atoms with Gasteiger partial charge in [0.1, 0.15) is 0 Å². The summed E-state index contributed by atoms with van der Waals surface area (Å²) in [5.74, 6) is 0. The zero-order valence-corrected chi connectivity index (χ0v) is 7.75. The van der Waals surface area contributed by atoms with E-state index in [-0.39, 0.29) is 0 Å². The van der Waals surface area contributed by atoms with Gasteiger partial charge in [-0.25, -0.2) is 0 Å². The van der Waals surface area contributed by atoms with Crippen molar-refractivity contribution >= 4 is 0 Å². The van der Waals surface area contributed by atoms with Crippen molar-refractivity contribution in [2.75, 3.05) is 6.54 Å². The Morgan fingerprint density at radius 2 is 2.25 bits per heavy atom. The smallest absolute Gasteiger partial charge is 0.0573 e. The quantitative estimate of drug-likeness (QED) is 0.737. The molecule has 1 heterocycles. The van der Waals surface area contributed by atoms with E-state index in [2.05, 4.69) is 30.2 Å². The minimum atomic E-state index is 0.413. The van der Waals surface area contributed by atoms with Crippen LogP contribution >= 0.6 is 0 Å². The number of nitrogens with zero attached hydrogens (tertiary/aromatic N) is 1. The predicted molar refractivity (Wildman–Crippen MR) is 50.9 cm³/mol. The molecule has 0 radical (unpaired) electrons. The summed E-state index contributed by atoms with van der Waals surface area (Å²) in [5, 5.41) is 3.39. The maximum absolute atomic E-state index is 4.31. The van der Waals surface area contributed by atoms with Crippen LogP contribution in [0.2, 0.25) is 0 Å². The number of pyridine rings is 1. The third-order valence-electron chi connectivity index (χ3n) is 1.90. The summed E-state index contributed by atoms with van der Waals surface area (Å²) < 4.78 is 0. The summed E-state index contributed by atoms with van der Waals surface area (Å²) in [5.41, 5.74) is 1.14. The van der Waals surface area contributed by atoms with Crippen molar-refractivity contribution in [2.45, 2.75) is 26.3 Å². The molecule has 1 N–H and O–H groups in total. The Morgan fingerprint density at radius 3 is 2.75 bits per heavy atom. The number of hydrogen-bond donors (Lipinski definition) is 1. The van der Waals surface area contributed by atoms with Gasteiger partial charge in [0.05, 0.1) is 5.69 Å². The molecule has 1 unspecified atom stereocenters. The number of aromatic nitrogens is 1. The first-order chi connectivity index (χ1) is 5.88.